The number of ether oxygens (including phenoxy) is 1. The summed E-state index contributed by atoms with van der Waals surface area (Å²) in [5, 5.41) is 8.75. The molecule has 1 aliphatic rings. The first-order valence-electron chi connectivity index (χ1n) is 10.2. The molecule has 1 N–H and O–H groups in total. The lowest BCUT2D eigenvalue weighted by molar-refractivity contribution is -0.132. The van der Waals surface area contributed by atoms with Gasteiger partial charge in [-0.15, -0.1) is 0 Å². The Morgan fingerprint density at radius 3 is 2.35 bits per heavy atom. The van der Waals surface area contributed by atoms with Crippen LogP contribution in [0.4, 0.5) is 0 Å². The van der Waals surface area contributed by atoms with E-state index in [1.807, 2.05) is 60.7 Å². The van der Waals surface area contributed by atoms with Crippen LogP contribution in [0.3, 0.4) is 0 Å². The van der Waals surface area contributed by atoms with E-state index in [9.17, 15) is 9.59 Å². The highest BCUT2D eigenvalue weighted by atomic mass is 16.5. The molecular weight excluding hydrogens is 390 g/mol. The Kier molecular flexibility index (Phi) is 6.38. The van der Waals surface area contributed by atoms with Crippen molar-refractivity contribution in [3.63, 3.8) is 0 Å². The average molecular weight is 413 g/mol. The van der Waals surface area contributed by atoms with Crippen LogP contribution in [0.2, 0.25) is 0 Å². The van der Waals surface area contributed by atoms with E-state index in [-0.39, 0.29) is 18.4 Å². The van der Waals surface area contributed by atoms with E-state index in [0.717, 1.165) is 16.8 Å². The lowest BCUT2D eigenvalue weighted by Crippen LogP contribution is -2.29. The molecule has 0 atom stereocenters. The molecule has 0 fully saturated rings. The second kappa shape index (κ2) is 9.71. The van der Waals surface area contributed by atoms with Crippen LogP contribution in [-0.4, -0.2) is 35.7 Å². The molecule has 3 aromatic carbocycles. The standard InChI is InChI=1S/C25H23N3O3/c29-24(28-16-15-22(27-28)20-11-5-2-6-12-20)18-31-23-14-8-7-13-21(23)25(30)26-17-19-9-3-1-4-10-19/h1-14H,15-18H2,(H,26,30). The Morgan fingerprint density at radius 2 is 1.58 bits per heavy atom. The molecule has 0 aromatic heterocycles. The first-order valence-corrected chi connectivity index (χ1v) is 10.2. The number of para-hydroxylation sites is 1. The van der Waals surface area contributed by atoms with Gasteiger partial charge in [0, 0.05) is 13.0 Å². The highest BCUT2D eigenvalue weighted by Crippen LogP contribution is 2.19. The van der Waals surface area contributed by atoms with Crippen LogP contribution in [0, 0.1) is 0 Å². The van der Waals surface area contributed by atoms with Crippen LogP contribution < -0.4 is 10.1 Å². The summed E-state index contributed by atoms with van der Waals surface area (Å²) in [6.45, 7) is 0.748. The fraction of sp³-hybridized carbons (Fsp3) is 0.160. The molecule has 0 radical (unpaired) electrons. The summed E-state index contributed by atoms with van der Waals surface area (Å²) in [6, 6.07) is 26.4. The van der Waals surface area contributed by atoms with Crippen LogP contribution in [0.15, 0.2) is 90.0 Å². The fourth-order valence-electron chi connectivity index (χ4n) is 3.34. The maximum absolute atomic E-state index is 12.6. The SMILES string of the molecule is O=C(NCc1ccccc1)c1ccccc1OCC(=O)N1CCC(c2ccccc2)=N1. The van der Waals surface area contributed by atoms with E-state index in [0.29, 0.717) is 30.8 Å². The van der Waals surface area contributed by atoms with Crippen LogP contribution in [0.5, 0.6) is 5.75 Å². The molecule has 0 unspecified atom stereocenters. The van der Waals surface area contributed by atoms with Crippen molar-refractivity contribution in [3.05, 3.63) is 102 Å². The zero-order chi connectivity index (χ0) is 21.5. The van der Waals surface area contributed by atoms with Crippen LogP contribution in [0.1, 0.15) is 27.9 Å². The molecule has 0 spiro atoms. The van der Waals surface area contributed by atoms with Gasteiger partial charge in [-0.2, -0.15) is 5.10 Å². The molecule has 1 aliphatic heterocycles. The average Bonchev–Trinajstić information content (AvgIpc) is 3.33. The molecule has 0 saturated heterocycles. The lowest BCUT2D eigenvalue weighted by Gasteiger charge is -2.14. The molecule has 0 aliphatic carbocycles. The van der Waals surface area contributed by atoms with Gasteiger partial charge in [0.2, 0.25) is 0 Å². The second-order valence-electron chi connectivity index (χ2n) is 7.13. The number of benzene rings is 3. The minimum absolute atomic E-state index is 0.186. The van der Waals surface area contributed by atoms with Crippen LogP contribution in [0.25, 0.3) is 0 Å². The molecule has 6 heteroatoms. The Hall–Kier alpha value is -3.93. The van der Waals surface area contributed by atoms with Crippen molar-refractivity contribution in [2.24, 2.45) is 5.10 Å². The summed E-state index contributed by atoms with van der Waals surface area (Å²) in [7, 11) is 0. The molecule has 4 rings (SSSR count). The summed E-state index contributed by atoms with van der Waals surface area (Å²) in [5.41, 5.74) is 3.29. The molecule has 0 bridgehead atoms. The number of carbonyl (C=O) groups is 2. The Labute approximate surface area is 181 Å². The van der Waals surface area contributed by atoms with E-state index < -0.39 is 0 Å². The van der Waals surface area contributed by atoms with Gasteiger partial charge in [0.05, 0.1) is 17.8 Å². The molecule has 6 nitrogen and oxygen atoms in total. The van der Waals surface area contributed by atoms with E-state index in [1.54, 1.807) is 24.3 Å². The lowest BCUT2D eigenvalue weighted by atomic mass is 10.1. The smallest absolute Gasteiger partial charge is 0.280 e. The predicted molar refractivity (Wildman–Crippen MR) is 119 cm³/mol. The number of rotatable bonds is 7. The Bertz CT molecular complexity index is 1080. The zero-order valence-corrected chi connectivity index (χ0v) is 17.0. The molecule has 156 valence electrons. The summed E-state index contributed by atoms with van der Waals surface area (Å²) in [5.74, 6) is -0.129. The third-order valence-corrected chi connectivity index (χ3v) is 4.98. The van der Waals surface area contributed by atoms with Crippen molar-refractivity contribution < 1.29 is 14.3 Å². The van der Waals surface area contributed by atoms with Crippen molar-refractivity contribution in [3.8, 4) is 5.75 Å². The second-order valence-corrected chi connectivity index (χ2v) is 7.13. The number of nitrogens with zero attached hydrogens (tertiary/aromatic N) is 2. The van der Waals surface area contributed by atoms with Gasteiger partial charge in [-0.05, 0) is 23.3 Å². The van der Waals surface area contributed by atoms with Gasteiger partial charge in [-0.3, -0.25) is 9.59 Å². The maximum atomic E-state index is 12.6. The number of hydrogen-bond donors (Lipinski definition) is 1. The van der Waals surface area contributed by atoms with E-state index >= 15 is 0 Å². The van der Waals surface area contributed by atoms with Gasteiger partial charge in [0.25, 0.3) is 11.8 Å². The third-order valence-electron chi connectivity index (χ3n) is 4.98. The van der Waals surface area contributed by atoms with Crippen molar-refractivity contribution in [2.75, 3.05) is 13.2 Å². The zero-order valence-electron chi connectivity index (χ0n) is 17.0. The van der Waals surface area contributed by atoms with Gasteiger partial charge in [-0.25, -0.2) is 5.01 Å². The highest BCUT2D eigenvalue weighted by Gasteiger charge is 2.22. The monoisotopic (exact) mass is 413 g/mol. The summed E-state index contributed by atoms with van der Waals surface area (Å²) < 4.78 is 5.70. The largest absolute Gasteiger partial charge is 0.483 e. The number of hydrogen-bond acceptors (Lipinski definition) is 4. The summed E-state index contributed by atoms with van der Waals surface area (Å²) >= 11 is 0. The van der Waals surface area contributed by atoms with E-state index in [2.05, 4.69) is 10.4 Å². The van der Waals surface area contributed by atoms with Crippen molar-refractivity contribution in [1.29, 1.82) is 0 Å². The first-order chi connectivity index (χ1) is 15.2. The van der Waals surface area contributed by atoms with Crippen molar-refractivity contribution >= 4 is 17.5 Å². The van der Waals surface area contributed by atoms with Crippen LogP contribution >= 0.6 is 0 Å². The molecule has 1 heterocycles. The maximum Gasteiger partial charge on any atom is 0.280 e. The quantitative estimate of drug-likeness (QED) is 0.643. The van der Waals surface area contributed by atoms with E-state index in [1.165, 1.54) is 5.01 Å². The van der Waals surface area contributed by atoms with E-state index in [4.69, 9.17) is 4.74 Å². The Morgan fingerprint density at radius 1 is 0.903 bits per heavy atom. The molecule has 3 aromatic rings. The van der Waals surface area contributed by atoms with Gasteiger partial charge >= 0.3 is 0 Å². The van der Waals surface area contributed by atoms with Gasteiger partial charge < -0.3 is 10.1 Å². The van der Waals surface area contributed by atoms with Crippen molar-refractivity contribution in [2.45, 2.75) is 13.0 Å². The van der Waals surface area contributed by atoms with Crippen LogP contribution in [-0.2, 0) is 11.3 Å². The van der Waals surface area contributed by atoms with Gasteiger partial charge in [-0.1, -0.05) is 72.8 Å². The topological polar surface area (TPSA) is 71.0 Å². The molecule has 2 amide bonds. The summed E-state index contributed by atoms with van der Waals surface area (Å²) in [4.78, 5) is 25.2. The van der Waals surface area contributed by atoms with Crippen molar-refractivity contribution in [1.82, 2.24) is 10.3 Å². The van der Waals surface area contributed by atoms with Gasteiger partial charge in [0.15, 0.2) is 6.61 Å². The minimum atomic E-state index is -0.252. The predicted octanol–water partition coefficient (Wildman–Crippen LogP) is 3.63. The molecule has 0 saturated carbocycles. The fourth-order valence-corrected chi connectivity index (χ4v) is 3.34. The number of carbonyl (C=O) groups excluding carboxylic acids is 2. The minimum Gasteiger partial charge on any atom is -0.483 e. The highest BCUT2D eigenvalue weighted by molar-refractivity contribution is 6.02. The molecular formula is C25H23N3O3. The third kappa shape index (κ3) is 5.17. The Balaban J connectivity index is 1.36. The molecule has 31 heavy (non-hydrogen) atoms. The first kappa shape index (κ1) is 20.3. The van der Waals surface area contributed by atoms with Gasteiger partial charge in [0.1, 0.15) is 5.75 Å². The number of nitrogens with one attached hydrogen (secondary N) is 1. The summed E-state index contributed by atoms with van der Waals surface area (Å²) in [6.07, 6.45) is 0.703. The number of hydrazone groups is 1. The number of amides is 2. The normalized spacial score (nSPS) is 12.9.